The van der Waals surface area contributed by atoms with Crippen molar-refractivity contribution in [3.63, 3.8) is 0 Å². The maximum absolute atomic E-state index is 13.1. The van der Waals surface area contributed by atoms with Crippen LogP contribution in [0.5, 0.6) is 0 Å². The van der Waals surface area contributed by atoms with Crippen molar-refractivity contribution in [2.75, 3.05) is 18.4 Å². The number of anilines is 1. The van der Waals surface area contributed by atoms with Crippen LogP contribution in [0.2, 0.25) is 5.02 Å². The molecule has 0 unspecified atom stereocenters. The summed E-state index contributed by atoms with van der Waals surface area (Å²) in [4.78, 5) is 28.4. The summed E-state index contributed by atoms with van der Waals surface area (Å²) in [5.74, 6) is -0.0417. The van der Waals surface area contributed by atoms with Gasteiger partial charge < -0.3 is 15.6 Å². The maximum atomic E-state index is 13.1. The van der Waals surface area contributed by atoms with Crippen LogP contribution in [0.25, 0.3) is 16.6 Å². The molecule has 0 bridgehead atoms. The van der Waals surface area contributed by atoms with E-state index in [0.29, 0.717) is 32.8 Å². The van der Waals surface area contributed by atoms with Crippen LogP contribution in [-0.4, -0.2) is 33.6 Å². The number of H-pyrrole nitrogens is 1. The number of benzene rings is 2. The highest BCUT2D eigenvalue weighted by Crippen LogP contribution is 2.29. The summed E-state index contributed by atoms with van der Waals surface area (Å²) in [5.41, 5.74) is 2.94. The molecule has 3 heterocycles. The smallest absolute Gasteiger partial charge is 0.256 e. The normalized spacial score (nSPS) is 15.0. The number of piperidine rings is 1. The van der Waals surface area contributed by atoms with Crippen molar-refractivity contribution < 1.29 is 4.79 Å². The molecule has 30 heavy (non-hydrogen) atoms. The van der Waals surface area contributed by atoms with Crippen molar-refractivity contribution in [1.82, 2.24) is 19.9 Å². The lowest BCUT2D eigenvalue weighted by Crippen LogP contribution is -2.28. The van der Waals surface area contributed by atoms with E-state index in [-0.39, 0.29) is 17.4 Å². The molecule has 3 N–H and O–H groups in total. The third-order valence-corrected chi connectivity index (χ3v) is 5.78. The van der Waals surface area contributed by atoms with Crippen LogP contribution in [0.3, 0.4) is 0 Å². The molecule has 0 atom stereocenters. The molecule has 4 aromatic rings. The van der Waals surface area contributed by atoms with E-state index in [1.165, 1.54) is 0 Å². The molecular formula is C22H20ClN5O2. The number of carbonyl (C=O) groups is 1. The number of nitrogens with one attached hydrogen (secondary N) is 3. The Morgan fingerprint density at radius 2 is 1.93 bits per heavy atom. The fraction of sp³-hybridized carbons (Fsp3) is 0.227. The first kappa shape index (κ1) is 18.8. The number of amides is 1. The van der Waals surface area contributed by atoms with Gasteiger partial charge in [0.05, 0.1) is 22.2 Å². The molecule has 0 spiro atoms. The molecule has 1 saturated heterocycles. The van der Waals surface area contributed by atoms with Crippen LogP contribution in [-0.2, 0) is 0 Å². The van der Waals surface area contributed by atoms with Crippen molar-refractivity contribution in [3.05, 3.63) is 75.2 Å². The zero-order valence-corrected chi connectivity index (χ0v) is 16.9. The van der Waals surface area contributed by atoms with E-state index in [2.05, 4.69) is 15.6 Å². The number of halogens is 1. The van der Waals surface area contributed by atoms with Gasteiger partial charge in [-0.2, -0.15) is 5.10 Å². The summed E-state index contributed by atoms with van der Waals surface area (Å²) in [6.07, 6.45) is 1.88. The van der Waals surface area contributed by atoms with Gasteiger partial charge in [-0.1, -0.05) is 23.7 Å². The number of aromatic nitrogens is 3. The summed E-state index contributed by atoms with van der Waals surface area (Å²) in [6.45, 7) is 1.82. The Bertz CT molecular complexity index is 1320. The highest BCUT2D eigenvalue weighted by atomic mass is 35.5. The molecule has 2 aromatic heterocycles. The first-order chi connectivity index (χ1) is 14.6. The molecule has 0 saturated carbocycles. The summed E-state index contributed by atoms with van der Waals surface area (Å²) < 4.78 is 1.79. The van der Waals surface area contributed by atoms with E-state index >= 15 is 0 Å². The Hall–Kier alpha value is -3.16. The van der Waals surface area contributed by atoms with Gasteiger partial charge in [0.1, 0.15) is 5.65 Å². The van der Waals surface area contributed by atoms with Crippen molar-refractivity contribution in [2.24, 2.45) is 0 Å². The quantitative estimate of drug-likeness (QED) is 0.471. The molecule has 2 aromatic carbocycles. The van der Waals surface area contributed by atoms with Gasteiger partial charge in [0.25, 0.3) is 11.5 Å². The van der Waals surface area contributed by atoms with E-state index in [1.54, 1.807) is 47.0 Å². The minimum absolute atomic E-state index is 0.192. The molecule has 1 amide bonds. The van der Waals surface area contributed by atoms with Crippen LogP contribution < -0.4 is 16.2 Å². The number of hydrogen-bond donors (Lipinski definition) is 3. The predicted octanol–water partition coefficient (Wildman–Crippen LogP) is 3.55. The lowest BCUT2D eigenvalue weighted by Gasteiger charge is -2.23. The van der Waals surface area contributed by atoms with Crippen molar-refractivity contribution >= 4 is 39.7 Å². The molecule has 7 nitrogen and oxygen atoms in total. The summed E-state index contributed by atoms with van der Waals surface area (Å²) in [6, 6.07) is 14.0. The topological polar surface area (TPSA) is 91.3 Å². The van der Waals surface area contributed by atoms with Crippen LogP contribution in [0.15, 0.2) is 53.3 Å². The third-order valence-electron chi connectivity index (χ3n) is 5.55. The van der Waals surface area contributed by atoms with Crippen LogP contribution in [0.4, 0.5) is 5.69 Å². The summed E-state index contributed by atoms with van der Waals surface area (Å²) >= 11 is 6.03. The van der Waals surface area contributed by atoms with E-state index in [0.717, 1.165) is 31.6 Å². The number of rotatable bonds is 3. The zero-order chi connectivity index (χ0) is 20.7. The molecule has 8 heteroatoms. The van der Waals surface area contributed by atoms with Gasteiger partial charge in [-0.15, -0.1) is 0 Å². The largest absolute Gasteiger partial charge is 0.322 e. The Kier molecular flexibility index (Phi) is 4.77. The van der Waals surface area contributed by atoms with Gasteiger partial charge >= 0.3 is 0 Å². The fourth-order valence-electron chi connectivity index (χ4n) is 4.15. The molecular weight excluding hydrogens is 402 g/mol. The maximum Gasteiger partial charge on any atom is 0.256 e. The first-order valence-electron chi connectivity index (χ1n) is 9.92. The van der Waals surface area contributed by atoms with Crippen molar-refractivity contribution in [2.45, 2.75) is 18.8 Å². The number of hydrogen-bond acceptors (Lipinski definition) is 4. The van der Waals surface area contributed by atoms with Crippen molar-refractivity contribution in [3.8, 4) is 0 Å². The first-order valence-corrected chi connectivity index (χ1v) is 10.3. The minimum atomic E-state index is -0.286. The van der Waals surface area contributed by atoms with Crippen LogP contribution in [0, 0.1) is 0 Å². The average Bonchev–Trinajstić information content (AvgIpc) is 3.12. The number of fused-ring (bicyclic) bond motifs is 3. The second kappa shape index (κ2) is 7.59. The Morgan fingerprint density at radius 1 is 1.13 bits per heavy atom. The lowest BCUT2D eigenvalue weighted by molar-refractivity contribution is 0.102. The molecule has 5 rings (SSSR count). The fourth-order valence-corrected chi connectivity index (χ4v) is 4.34. The van der Waals surface area contributed by atoms with Gasteiger partial charge in [-0.05, 0) is 56.3 Å². The van der Waals surface area contributed by atoms with Gasteiger partial charge in [-0.3, -0.25) is 9.59 Å². The zero-order valence-electron chi connectivity index (χ0n) is 16.1. The second-order valence-corrected chi connectivity index (χ2v) is 7.94. The lowest BCUT2D eigenvalue weighted by atomic mass is 9.94. The number of aromatic amines is 1. The predicted molar refractivity (Wildman–Crippen MR) is 118 cm³/mol. The highest BCUT2D eigenvalue weighted by Gasteiger charge is 2.22. The van der Waals surface area contributed by atoms with Gasteiger partial charge in [0, 0.05) is 22.7 Å². The Morgan fingerprint density at radius 3 is 2.73 bits per heavy atom. The van der Waals surface area contributed by atoms with Gasteiger partial charge in [0.2, 0.25) is 0 Å². The minimum Gasteiger partial charge on any atom is -0.322 e. The van der Waals surface area contributed by atoms with Crippen LogP contribution in [0.1, 0.15) is 34.8 Å². The van der Waals surface area contributed by atoms with Crippen molar-refractivity contribution in [1.29, 1.82) is 0 Å². The van der Waals surface area contributed by atoms with Crippen LogP contribution >= 0.6 is 11.6 Å². The van der Waals surface area contributed by atoms with E-state index < -0.39 is 0 Å². The Balaban J connectivity index is 1.65. The highest BCUT2D eigenvalue weighted by molar-refractivity contribution is 6.31. The molecule has 1 fully saturated rings. The third kappa shape index (κ3) is 3.36. The van der Waals surface area contributed by atoms with Gasteiger partial charge in [-0.25, -0.2) is 4.52 Å². The number of carbonyl (C=O) groups excluding carboxylic acids is 1. The van der Waals surface area contributed by atoms with E-state index in [4.69, 9.17) is 16.7 Å². The second-order valence-electron chi connectivity index (χ2n) is 7.51. The number of nitrogens with zero attached hydrogens (tertiary/aromatic N) is 2. The average molecular weight is 422 g/mol. The van der Waals surface area contributed by atoms with E-state index in [1.807, 2.05) is 6.07 Å². The molecule has 152 valence electrons. The van der Waals surface area contributed by atoms with E-state index in [9.17, 15) is 9.59 Å². The monoisotopic (exact) mass is 421 g/mol. The van der Waals surface area contributed by atoms with Gasteiger partial charge in [0.15, 0.2) is 0 Å². The standard InChI is InChI=1S/C22H20ClN5O2/c23-14-3-1-4-15(11-14)25-22(30)16-5-2-6-17-20(16)21-26-19(29)12-18(28(21)27-17)13-7-9-24-10-8-13/h1-6,11-13,24H,7-10H2,(H,25,30)(H,26,29). The summed E-state index contributed by atoms with van der Waals surface area (Å²) in [7, 11) is 0. The molecule has 1 aliphatic heterocycles. The molecule has 0 radical (unpaired) electrons. The SMILES string of the molecule is O=C(Nc1cccc(Cl)c1)c1cccc2nn3c(C4CCNCC4)cc(=O)[nH]c3c12. The molecule has 1 aliphatic rings. The Labute approximate surface area is 177 Å². The molecule has 0 aliphatic carbocycles. The summed E-state index contributed by atoms with van der Waals surface area (Å²) in [5, 5.41) is 12.1.